The molecule has 0 N–H and O–H groups in total. The standard InChI is InChI=1S/C64H45NO/c1-63(2)56-27-15-12-24-49(56)51-34-32-47(40-58(51)63)65(48-33-35-52-50-25-13-16-28-57(50)64(59(52)41-48,45-20-8-4-9-21-45)46-22-10-5-11-23-46)60-36-30-43(38-54(60)42-18-6-3-7-19-42)44-31-37-62-55(39-44)53-26-14-17-29-61(53)66-62/h3-41H,1-2H3. The van der Waals surface area contributed by atoms with Crippen molar-refractivity contribution in [1.29, 1.82) is 0 Å². The number of fused-ring (bicyclic) bond motifs is 9. The highest BCUT2D eigenvalue weighted by atomic mass is 16.3. The fraction of sp³-hybridized carbons (Fsp3) is 0.0625. The zero-order chi connectivity index (χ0) is 44.0. The van der Waals surface area contributed by atoms with Crippen LogP contribution in [0.2, 0.25) is 0 Å². The van der Waals surface area contributed by atoms with E-state index in [9.17, 15) is 0 Å². The molecule has 13 rings (SSSR count). The quantitative estimate of drug-likeness (QED) is 0.159. The summed E-state index contributed by atoms with van der Waals surface area (Å²) in [4.78, 5) is 2.52. The molecule has 0 saturated heterocycles. The maximum absolute atomic E-state index is 6.27. The van der Waals surface area contributed by atoms with Crippen LogP contribution in [0.5, 0.6) is 0 Å². The molecular weight excluding hydrogens is 799 g/mol. The first-order chi connectivity index (χ1) is 32.5. The van der Waals surface area contributed by atoms with E-state index in [1.165, 1.54) is 55.6 Å². The Bertz CT molecular complexity index is 3640. The lowest BCUT2D eigenvalue weighted by molar-refractivity contribution is 0.660. The highest BCUT2D eigenvalue weighted by Gasteiger charge is 2.46. The minimum Gasteiger partial charge on any atom is -0.456 e. The molecule has 0 radical (unpaired) electrons. The SMILES string of the molecule is CC1(C)c2ccccc2-c2ccc(N(c3ccc4c(c3)C(c3ccccc3)(c3ccccc3)c3ccccc3-4)c3ccc(-c4ccc5oc6ccccc6c5c4)cc3-c3ccccc3)cc21. The van der Waals surface area contributed by atoms with E-state index in [1.807, 2.05) is 12.1 Å². The molecule has 0 atom stereocenters. The molecule has 11 aromatic rings. The maximum atomic E-state index is 6.27. The lowest BCUT2D eigenvalue weighted by atomic mass is 9.67. The lowest BCUT2D eigenvalue weighted by Gasteiger charge is -2.35. The summed E-state index contributed by atoms with van der Waals surface area (Å²) in [5.74, 6) is 0. The average Bonchev–Trinajstić information content (AvgIpc) is 3.98. The van der Waals surface area contributed by atoms with E-state index in [0.717, 1.165) is 61.3 Å². The molecule has 312 valence electrons. The first-order valence-corrected chi connectivity index (χ1v) is 23.0. The molecular formula is C64H45NO. The van der Waals surface area contributed by atoms with Crippen molar-refractivity contribution < 1.29 is 4.42 Å². The van der Waals surface area contributed by atoms with E-state index >= 15 is 0 Å². The molecule has 2 nitrogen and oxygen atoms in total. The van der Waals surface area contributed by atoms with Crippen LogP contribution in [0.25, 0.3) is 66.4 Å². The highest BCUT2D eigenvalue weighted by Crippen LogP contribution is 2.58. The summed E-state index contributed by atoms with van der Waals surface area (Å²) in [6.45, 7) is 4.74. The second kappa shape index (κ2) is 14.7. The van der Waals surface area contributed by atoms with E-state index < -0.39 is 5.41 Å². The Morgan fingerprint density at radius 3 is 1.56 bits per heavy atom. The van der Waals surface area contributed by atoms with Crippen molar-refractivity contribution in [2.75, 3.05) is 4.90 Å². The van der Waals surface area contributed by atoms with E-state index in [-0.39, 0.29) is 5.41 Å². The summed E-state index contributed by atoms with van der Waals surface area (Å²) in [6, 6.07) is 87.3. The van der Waals surface area contributed by atoms with Crippen molar-refractivity contribution in [1.82, 2.24) is 0 Å². The van der Waals surface area contributed by atoms with Gasteiger partial charge in [-0.3, -0.25) is 0 Å². The molecule has 2 heteroatoms. The van der Waals surface area contributed by atoms with Gasteiger partial charge in [0.1, 0.15) is 11.2 Å². The van der Waals surface area contributed by atoms with E-state index in [4.69, 9.17) is 4.42 Å². The van der Waals surface area contributed by atoms with Crippen molar-refractivity contribution >= 4 is 39.0 Å². The molecule has 0 bridgehead atoms. The molecule has 0 saturated carbocycles. The van der Waals surface area contributed by atoms with Gasteiger partial charge in [0.25, 0.3) is 0 Å². The van der Waals surface area contributed by atoms with Gasteiger partial charge in [0.05, 0.1) is 11.1 Å². The van der Waals surface area contributed by atoms with Crippen LogP contribution < -0.4 is 4.90 Å². The molecule has 0 unspecified atom stereocenters. The normalized spacial score (nSPS) is 13.8. The molecule has 0 amide bonds. The first kappa shape index (κ1) is 38.3. The summed E-state index contributed by atoms with van der Waals surface area (Å²) in [7, 11) is 0. The fourth-order valence-electron chi connectivity index (χ4n) is 11.5. The van der Waals surface area contributed by atoms with Gasteiger partial charge in [-0.15, -0.1) is 0 Å². The van der Waals surface area contributed by atoms with Crippen LogP contribution in [0.3, 0.4) is 0 Å². The number of hydrogen-bond acceptors (Lipinski definition) is 2. The monoisotopic (exact) mass is 843 g/mol. The van der Waals surface area contributed by atoms with Crippen LogP contribution in [-0.2, 0) is 10.8 Å². The Hall–Kier alpha value is -8.20. The minimum atomic E-state index is -0.542. The van der Waals surface area contributed by atoms with Crippen molar-refractivity contribution in [2.45, 2.75) is 24.7 Å². The Kier molecular flexibility index (Phi) is 8.51. The zero-order valence-corrected chi connectivity index (χ0v) is 36.9. The van der Waals surface area contributed by atoms with Crippen LogP contribution in [-0.4, -0.2) is 0 Å². The van der Waals surface area contributed by atoms with Crippen LogP contribution >= 0.6 is 0 Å². The number of furan rings is 1. The summed E-state index contributed by atoms with van der Waals surface area (Å²) >= 11 is 0. The van der Waals surface area contributed by atoms with Crippen molar-refractivity contribution in [3.63, 3.8) is 0 Å². The summed E-state index contributed by atoms with van der Waals surface area (Å²) in [6.07, 6.45) is 0. The van der Waals surface area contributed by atoms with Gasteiger partial charge in [-0.25, -0.2) is 0 Å². The van der Waals surface area contributed by atoms with Gasteiger partial charge in [0.2, 0.25) is 0 Å². The Morgan fingerprint density at radius 1 is 0.333 bits per heavy atom. The molecule has 2 aliphatic rings. The van der Waals surface area contributed by atoms with Gasteiger partial charge >= 0.3 is 0 Å². The van der Waals surface area contributed by atoms with Crippen LogP contribution in [0.15, 0.2) is 241 Å². The molecule has 2 aliphatic carbocycles. The Labute approximate surface area is 385 Å². The fourth-order valence-corrected chi connectivity index (χ4v) is 11.5. The summed E-state index contributed by atoms with van der Waals surface area (Å²) < 4.78 is 6.27. The van der Waals surface area contributed by atoms with Crippen LogP contribution in [0, 0.1) is 0 Å². The third kappa shape index (κ3) is 5.61. The number of nitrogens with zero attached hydrogens (tertiary/aromatic N) is 1. The second-order valence-corrected chi connectivity index (χ2v) is 18.4. The Balaban J connectivity index is 1.08. The predicted molar refractivity (Wildman–Crippen MR) is 274 cm³/mol. The zero-order valence-electron chi connectivity index (χ0n) is 36.9. The number of benzene rings is 10. The largest absolute Gasteiger partial charge is 0.456 e. The second-order valence-electron chi connectivity index (χ2n) is 18.4. The summed E-state index contributed by atoms with van der Waals surface area (Å²) in [5, 5.41) is 2.25. The van der Waals surface area contributed by atoms with Gasteiger partial charge in [-0.05, 0) is 127 Å². The Morgan fingerprint density at radius 2 is 0.848 bits per heavy atom. The lowest BCUT2D eigenvalue weighted by Crippen LogP contribution is -2.28. The third-order valence-corrected chi connectivity index (χ3v) is 14.6. The molecule has 0 fully saturated rings. The molecule has 1 aromatic heterocycles. The predicted octanol–water partition coefficient (Wildman–Crippen LogP) is 17.1. The summed E-state index contributed by atoms with van der Waals surface area (Å²) in [5.41, 5.74) is 21.9. The minimum absolute atomic E-state index is 0.176. The van der Waals surface area contributed by atoms with Gasteiger partial charge in [0.15, 0.2) is 0 Å². The van der Waals surface area contributed by atoms with Crippen molar-refractivity contribution in [3.8, 4) is 44.5 Å². The van der Waals surface area contributed by atoms with Crippen LogP contribution in [0.4, 0.5) is 17.1 Å². The van der Waals surface area contributed by atoms with Gasteiger partial charge < -0.3 is 9.32 Å². The number of hydrogen-bond donors (Lipinski definition) is 0. The van der Waals surface area contributed by atoms with Crippen LogP contribution in [0.1, 0.15) is 47.2 Å². The molecule has 0 spiro atoms. The smallest absolute Gasteiger partial charge is 0.135 e. The van der Waals surface area contributed by atoms with Gasteiger partial charge in [-0.2, -0.15) is 0 Å². The van der Waals surface area contributed by atoms with E-state index in [2.05, 4.69) is 243 Å². The topological polar surface area (TPSA) is 16.4 Å². The van der Waals surface area contributed by atoms with Gasteiger partial charge in [-0.1, -0.05) is 196 Å². The van der Waals surface area contributed by atoms with E-state index in [0.29, 0.717) is 0 Å². The highest BCUT2D eigenvalue weighted by molar-refractivity contribution is 6.06. The van der Waals surface area contributed by atoms with Crippen molar-refractivity contribution in [3.05, 3.63) is 270 Å². The molecule has 1 heterocycles. The number of para-hydroxylation sites is 1. The van der Waals surface area contributed by atoms with E-state index in [1.54, 1.807) is 0 Å². The first-order valence-electron chi connectivity index (χ1n) is 23.0. The van der Waals surface area contributed by atoms with Crippen molar-refractivity contribution in [2.24, 2.45) is 0 Å². The average molecular weight is 844 g/mol. The molecule has 0 aliphatic heterocycles. The number of rotatable bonds is 7. The number of anilines is 3. The third-order valence-electron chi connectivity index (χ3n) is 14.6. The molecule has 10 aromatic carbocycles. The van der Waals surface area contributed by atoms with Gasteiger partial charge in [0, 0.05) is 33.1 Å². The molecule has 66 heavy (non-hydrogen) atoms. The maximum Gasteiger partial charge on any atom is 0.135 e.